The minimum absolute atomic E-state index is 0.0539. The molecule has 1 aliphatic carbocycles. The van der Waals surface area contributed by atoms with Crippen LogP contribution in [0.1, 0.15) is 38.2 Å². The number of nitrogens with zero attached hydrogens (tertiary/aromatic N) is 2. The van der Waals surface area contributed by atoms with E-state index in [4.69, 9.17) is 5.26 Å². The summed E-state index contributed by atoms with van der Waals surface area (Å²) in [4.78, 5) is 38.2. The monoisotopic (exact) mass is 346 g/mol. The number of thiophene rings is 1. The zero-order valence-corrected chi connectivity index (χ0v) is 14.1. The van der Waals surface area contributed by atoms with Gasteiger partial charge in [-0.1, -0.05) is 19.8 Å². The Balaban J connectivity index is 1.71. The highest BCUT2D eigenvalue weighted by Crippen LogP contribution is 2.38. The van der Waals surface area contributed by atoms with E-state index >= 15 is 0 Å². The number of nitriles is 1. The number of imide groups is 1. The number of hydrogen-bond acceptors (Lipinski definition) is 5. The predicted octanol–water partition coefficient (Wildman–Crippen LogP) is 2.06. The molecule has 1 aromatic rings. The second-order valence-electron chi connectivity index (χ2n) is 6.26. The Hall–Kier alpha value is -2.40. The number of carbonyl (C=O) groups excluding carboxylic acids is 3. The van der Waals surface area contributed by atoms with Gasteiger partial charge in [-0.05, 0) is 30.2 Å². The average Bonchev–Trinajstić information content (AvgIpc) is 3.09. The highest BCUT2D eigenvalue weighted by Gasteiger charge is 2.55. The molecule has 0 radical (unpaired) electrons. The van der Waals surface area contributed by atoms with Crippen molar-refractivity contribution in [2.75, 3.05) is 11.9 Å². The van der Waals surface area contributed by atoms with Gasteiger partial charge in [-0.15, -0.1) is 11.3 Å². The lowest BCUT2D eigenvalue weighted by Crippen LogP contribution is -2.54. The molecule has 1 saturated carbocycles. The van der Waals surface area contributed by atoms with Gasteiger partial charge < -0.3 is 10.6 Å². The summed E-state index contributed by atoms with van der Waals surface area (Å²) in [5.41, 5.74) is -0.501. The van der Waals surface area contributed by atoms with Crippen molar-refractivity contribution >= 4 is 34.2 Å². The molecular weight excluding hydrogens is 328 g/mol. The van der Waals surface area contributed by atoms with E-state index in [2.05, 4.69) is 10.6 Å². The lowest BCUT2D eigenvalue weighted by molar-refractivity contribution is -0.136. The second kappa shape index (κ2) is 6.24. The zero-order valence-electron chi connectivity index (χ0n) is 13.3. The van der Waals surface area contributed by atoms with Gasteiger partial charge in [0.15, 0.2) is 0 Å². The molecule has 2 atom stereocenters. The molecule has 7 nitrogen and oxygen atoms in total. The first-order chi connectivity index (χ1) is 11.5. The molecule has 0 aromatic carbocycles. The van der Waals surface area contributed by atoms with Crippen LogP contribution in [0.4, 0.5) is 9.80 Å². The van der Waals surface area contributed by atoms with Crippen LogP contribution >= 0.6 is 11.3 Å². The van der Waals surface area contributed by atoms with Gasteiger partial charge >= 0.3 is 6.03 Å². The third-order valence-electron chi connectivity index (χ3n) is 4.84. The van der Waals surface area contributed by atoms with Crippen molar-refractivity contribution < 1.29 is 14.4 Å². The number of anilines is 1. The molecule has 0 unspecified atom stereocenters. The summed E-state index contributed by atoms with van der Waals surface area (Å²) in [5, 5.41) is 16.5. The van der Waals surface area contributed by atoms with E-state index in [0.29, 0.717) is 17.0 Å². The van der Waals surface area contributed by atoms with Crippen LogP contribution in [0, 0.1) is 17.2 Å². The summed E-state index contributed by atoms with van der Waals surface area (Å²) in [6.07, 6.45) is 3.42. The van der Waals surface area contributed by atoms with E-state index < -0.39 is 17.5 Å². The van der Waals surface area contributed by atoms with Crippen LogP contribution in [0.3, 0.4) is 0 Å². The molecule has 0 bridgehead atoms. The summed E-state index contributed by atoms with van der Waals surface area (Å²) in [6, 6.07) is 3.07. The van der Waals surface area contributed by atoms with E-state index in [-0.39, 0.29) is 18.4 Å². The Kier molecular flexibility index (Phi) is 4.28. The highest BCUT2D eigenvalue weighted by molar-refractivity contribution is 7.14. The number of urea groups is 1. The predicted molar refractivity (Wildman–Crippen MR) is 88.3 cm³/mol. The van der Waals surface area contributed by atoms with Crippen LogP contribution in [0.5, 0.6) is 0 Å². The fourth-order valence-corrected chi connectivity index (χ4v) is 4.20. The van der Waals surface area contributed by atoms with Gasteiger partial charge in [-0.3, -0.25) is 14.5 Å². The van der Waals surface area contributed by atoms with Gasteiger partial charge in [0, 0.05) is 0 Å². The average molecular weight is 346 g/mol. The molecule has 1 aliphatic heterocycles. The molecule has 1 spiro atoms. The molecule has 8 heteroatoms. The molecule has 1 saturated heterocycles. The van der Waals surface area contributed by atoms with E-state index in [1.807, 2.05) is 13.0 Å². The van der Waals surface area contributed by atoms with Crippen molar-refractivity contribution in [3.63, 3.8) is 0 Å². The van der Waals surface area contributed by atoms with Gasteiger partial charge in [0.25, 0.3) is 5.91 Å². The molecule has 126 valence electrons. The van der Waals surface area contributed by atoms with E-state index in [9.17, 15) is 14.4 Å². The quantitative estimate of drug-likeness (QED) is 0.818. The third-order valence-corrected chi connectivity index (χ3v) is 5.67. The maximum Gasteiger partial charge on any atom is 0.325 e. The van der Waals surface area contributed by atoms with Crippen molar-refractivity contribution in [1.82, 2.24) is 10.2 Å². The van der Waals surface area contributed by atoms with Gasteiger partial charge in [0.2, 0.25) is 5.91 Å². The normalized spacial score (nSPS) is 26.3. The molecule has 2 aliphatic rings. The summed E-state index contributed by atoms with van der Waals surface area (Å²) < 4.78 is 0. The molecule has 2 fully saturated rings. The fraction of sp³-hybridized carbons (Fsp3) is 0.500. The Morgan fingerprint density at radius 3 is 3.04 bits per heavy atom. The first-order valence-electron chi connectivity index (χ1n) is 7.89. The first kappa shape index (κ1) is 16.5. The molecule has 4 amide bonds. The highest BCUT2D eigenvalue weighted by atomic mass is 32.1. The van der Waals surface area contributed by atoms with Gasteiger partial charge in [0.05, 0.1) is 5.56 Å². The third kappa shape index (κ3) is 2.65. The maximum atomic E-state index is 12.8. The maximum absolute atomic E-state index is 12.8. The fourth-order valence-electron chi connectivity index (χ4n) is 3.44. The topological polar surface area (TPSA) is 102 Å². The number of carbonyl (C=O) groups is 3. The lowest BCUT2D eigenvalue weighted by Gasteiger charge is -2.36. The standard InChI is InChI=1S/C16H18N4O3S/c1-10-4-2-3-6-16(10)14(22)20(15(23)19-16)9-12(21)18-13-11(8-17)5-7-24-13/h5,7,10H,2-4,6,9H2,1H3,(H,18,21)(H,19,23)/t10-,16-/m0/s1. The molecule has 24 heavy (non-hydrogen) atoms. The van der Waals surface area contributed by atoms with Crippen molar-refractivity contribution in [2.24, 2.45) is 5.92 Å². The van der Waals surface area contributed by atoms with Crippen molar-refractivity contribution in [3.8, 4) is 6.07 Å². The Morgan fingerprint density at radius 2 is 2.33 bits per heavy atom. The van der Waals surface area contributed by atoms with Gasteiger partial charge in [-0.25, -0.2) is 4.79 Å². The first-order valence-corrected chi connectivity index (χ1v) is 8.77. The molecule has 3 rings (SSSR count). The van der Waals surface area contributed by atoms with E-state index in [1.54, 1.807) is 11.4 Å². The van der Waals surface area contributed by atoms with Crippen LogP contribution in [0.15, 0.2) is 11.4 Å². The zero-order chi connectivity index (χ0) is 17.3. The molecule has 2 heterocycles. The minimum atomic E-state index is -0.865. The van der Waals surface area contributed by atoms with Gasteiger partial charge in [-0.2, -0.15) is 5.26 Å². The van der Waals surface area contributed by atoms with Crippen LogP contribution in [-0.4, -0.2) is 34.8 Å². The number of rotatable bonds is 3. The second-order valence-corrected chi connectivity index (χ2v) is 7.18. The molecule has 1 aromatic heterocycles. The molecule has 2 N–H and O–H groups in total. The number of nitrogens with one attached hydrogen (secondary N) is 2. The summed E-state index contributed by atoms with van der Waals surface area (Å²) in [7, 11) is 0. The van der Waals surface area contributed by atoms with Crippen LogP contribution < -0.4 is 10.6 Å². The van der Waals surface area contributed by atoms with Crippen molar-refractivity contribution in [3.05, 3.63) is 17.0 Å². The van der Waals surface area contributed by atoms with Crippen molar-refractivity contribution in [2.45, 2.75) is 38.1 Å². The number of hydrogen-bond donors (Lipinski definition) is 2. The van der Waals surface area contributed by atoms with Crippen molar-refractivity contribution in [1.29, 1.82) is 5.26 Å². The van der Waals surface area contributed by atoms with Crippen LogP contribution in [0.2, 0.25) is 0 Å². The Morgan fingerprint density at radius 1 is 1.54 bits per heavy atom. The van der Waals surface area contributed by atoms with Gasteiger partial charge in [0.1, 0.15) is 23.2 Å². The smallest absolute Gasteiger partial charge is 0.323 e. The van der Waals surface area contributed by atoms with E-state index in [1.165, 1.54) is 11.3 Å². The summed E-state index contributed by atoms with van der Waals surface area (Å²) in [5.74, 6) is -0.752. The van der Waals surface area contributed by atoms with Crippen LogP contribution in [0.25, 0.3) is 0 Å². The summed E-state index contributed by atoms with van der Waals surface area (Å²) in [6.45, 7) is 1.62. The summed E-state index contributed by atoms with van der Waals surface area (Å²) >= 11 is 1.23. The van der Waals surface area contributed by atoms with E-state index in [0.717, 1.165) is 24.2 Å². The van der Waals surface area contributed by atoms with Crippen LogP contribution in [-0.2, 0) is 9.59 Å². The minimum Gasteiger partial charge on any atom is -0.323 e. The number of amides is 4. The SMILES string of the molecule is C[C@H]1CCCC[C@]12NC(=O)N(CC(=O)Nc1sccc1C#N)C2=O. The molecular formula is C16H18N4O3S. The largest absolute Gasteiger partial charge is 0.325 e. The lowest BCUT2D eigenvalue weighted by atomic mass is 9.73. The Labute approximate surface area is 143 Å². The Bertz CT molecular complexity index is 738.